The van der Waals surface area contributed by atoms with E-state index < -0.39 is 0 Å². The molecule has 9 aromatic carbocycles. The van der Waals surface area contributed by atoms with E-state index in [1.165, 1.54) is 81.0 Å². The van der Waals surface area contributed by atoms with Crippen LogP contribution in [-0.4, -0.2) is 19.5 Å². The van der Waals surface area contributed by atoms with Gasteiger partial charge in [-0.3, -0.25) is 0 Å². The number of benzene rings is 9. The zero-order valence-corrected chi connectivity index (χ0v) is 38.0. The van der Waals surface area contributed by atoms with Gasteiger partial charge in [-0.1, -0.05) is 163 Å². The van der Waals surface area contributed by atoms with E-state index in [9.17, 15) is 0 Å². The van der Waals surface area contributed by atoms with Crippen LogP contribution in [0.3, 0.4) is 0 Å². The lowest BCUT2D eigenvalue weighted by Gasteiger charge is -2.17. The van der Waals surface area contributed by atoms with Gasteiger partial charge in [-0.25, -0.2) is 15.0 Å². The standard InChI is InChI=1S/C61H44N4S/c1-37-22-27-46(39(3)32-37)43-24-29-54-51(34-43)52-35-44(47-28-23-38(2)33-40(47)4)25-30-55(52)65(54)56-31-26-45(48-19-13-20-50-49-18-11-12-21-57(49)66-58(48)50)36-53(56)61-63-59(41-14-7-5-8-15-41)62-60(64-61)42-16-9-6-10-17-42/h5-36H,1-4H3. The summed E-state index contributed by atoms with van der Waals surface area (Å²) >= 11 is 1.85. The van der Waals surface area contributed by atoms with E-state index in [4.69, 9.17) is 15.0 Å². The molecule has 12 rings (SSSR count). The fourth-order valence-corrected chi connectivity index (χ4v) is 11.1. The molecule has 3 heterocycles. The molecule has 4 nitrogen and oxygen atoms in total. The van der Waals surface area contributed by atoms with E-state index in [-0.39, 0.29) is 0 Å². The van der Waals surface area contributed by atoms with Crippen LogP contribution in [0.4, 0.5) is 0 Å². The van der Waals surface area contributed by atoms with Crippen LogP contribution in [0.15, 0.2) is 194 Å². The highest BCUT2D eigenvalue weighted by atomic mass is 32.1. The highest BCUT2D eigenvalue weighted by Gasteiger charge is 2.22. The van der Waals surface area contributed by atoms with Gasteiger partial charge in [0.25, 0.3) is 0 Å². The van der Waals surface area contributed by atoms with E-state index in [2.05, 4.69) is 190 Å². The molecule has 0 aliphatic carbocycles. The summed E-state index contributed by atoms with van der Waals surface area (Å²) in [5.74, 6) is 1.86. The smallest absolute Gasteiger partial charge is 0.166 e. The minimum atomic E-state index is 0.608. The fraction of sp³-hybridized carbons (Fsp3) is 0.0656. The Balaban J connectivity index is 1.16. The molecule has 0 saturated carbocycles. The summed E-state index contributed by atoms with van der Waals surface area (Å²) in [6.07, 6.45) is 0. The van der Waals surface area contributed by atoms with Crippen molar-refractivity contribution in [3.05, 3.63) is 216 Å². The van der Waals surface area contributed by atoms with Crippen LogP contribution in [0.1, 0.15) is 22.3 Å². The van der Waals surface area contributed by atoms with Crippen molar-refractivity contribution in [3.63, 3.8) is 0 Å². The molecular weight excluding hydrogens is 821 g/mol. The summed E-state index contributed by atoms with van der Waals surface area (Å²) in [6, 6.07) is 70.1. The highest BCUT2D eigenvalue weighted by molar-refractivity contribution is 7.26. The maximum absolute atomic E-state index is 5.37. The Kier molecular flexibility index (Phi) is 9.55. The van der Waals surface area contributed by atoms with Crippen molar-refractivity contribution in [2.24, 2.45) is 0 Å². The molecular formula is C61H44N4S. The van der Waals surface area contributed by atoms with Crippen molar-refractivity contribution < 1.29 is 0 Å². The number of rotatable bonds is 7. The van der Waals surface area contributed by atoms with Gasteiger partial charge in [0.15, 0.2) is 17.5 Å². The number of aromatic nitrogens is 4. The Morgan fingerprint density at radius 2 is 0.864 bits per heavy atom. The third-order valence-electron chi connectivity index (χ3n) is 13.0. The third kappa shape index (κ3) is 6.79. The van der Waals surface area contributed by atoms with E-state index >= 15 is 0 Å². The maximum Gasteiger partial charge on any atom is 0.166 e. The summed E-state index contributed by atoms with van der Waals surface area (Å²) in [5.41, 5.74) is 18.2. The minimum absolute atomic E-state index is 0.608. The average molecular weight is 865 g/mol. The number of thiophene rings is 1. The lowest BCUT2D eigenvalue weighted by Crippen LogP contribution is -2.04. The van der Waals surface area contributed by atoms with Gasteiger partial charge < -0.3 is 4.57 Å². The molecule has 0 atom stereocenters. The van der Waals surface area contributed by atoms with Crippen molar-refractivity contribution in [1.82, 2.24) is 19.5 Å². The van der Waals surface area contributed by atoms with E-state index in [0.29, 0.717) is 17.5 Å². The van der Waals surface area contributed by atoms with Gasteiger partial charge in [-0.2, -0.15) is 0 Å². The summed E-state index contributed by atoms with van der Waals surface area (Å²) in [7, 11) is 0. The normalized spacial score (nSPS) is 11.6. The molecule has 0 amide bonds. The summed E-state index contributed by atoms with van der Waals surface area (Å²) < 4.78 is 4.97. The largest absolute Gasteiger partial charge is 0.308 e. The van der Waals surface area contributed by atoms with Crippen LogP contribution < -0.4 is 0 Å². The zero-order chi connectivity index (χ0) is 44.5. The van der Waals surface area contributed by atoms with Gasteiger partial charge in [0.1, 0.15) is 0 Å². The first kappa shape index (κ1) is 39.6. The summed E-state index contributed by atoms with van der Waals surface area (Å²) in [5, 5.41) is 4.91. The molecule has 314 valence electrons. The van der Waals surface area contributed by atoms with Crippen LogP contribution in [0.2, 0.25) is 0 Å². The second-order valence-corrected chi connectivity index (χ2v) is 18.5. The van der Waals surface area contributed by atoms with Gasteiger partial charge in [0.05, 0.1) is 16.7 Å². The van der Waals surface area contributed by atoms with Gasteiger partial charge in [0, 0.05) is 47.6 Å². The minimum Gasteiger partial charge on any atom is -0.308 e. The molecule has 3 aromatic heterocycles. The van der Waals surface area contributed by atoms with Gasteiger partial charge in [0.2, 0.25) is 0 Å². The molecule has 0 spiro atoms. The van der Waals surface area contributed by atoms with E-state index in [1.54, 1.807) is 0 Å². The molecule has 0 saturated heterocycles. The highest BCUT2D eigenvalue weighted by Crippen LogP contribution is 2.44. The molecule has 0 fully saturated rings. The Hall–Kier alpha value is -7.99. The first-order valence-electron chi connectivity index (χ1n) is 22.5. The first-order valence-corrected chi connectivity index (χ1v) is 23.3. The Bertz CT molecular complexity index is 3700. The summed E-state index contributed by atoms with van der Waals surface area (Å²) in [6.45, 7) is 8.74. The molecule has 66 heavy (non-hydrogen) atoms. The van der Waals surface area contributed by atoms with Crippen molar-refractivity contribution in [1.29, 1.82) is 0 Å². The van der Waals surface area contributed by atoms with Crippen LogP contribution >= 0.6 is 11.3 Å². The monoisotopic (exact) mass is 864 g/mol. The predicted molar refractivity (Wildman–Crippen MR) is 279 cm³/mol. The second kappa shape index (κ2) is 15.9. The lowest BCUT2D eigenvalue weighted by atomic mass is 9.95. The van der Waals surface area contributed by atoms with E-state index in [1.807, 2.05) is 47.7 Å². The molecule has 12 aromatic rings. The third-order valence-corrected chi connectivity index (χ3v) is 14.3. The Labute approximate surface area is 388 Å². The van der Waals surface area contributed by atoms with Crippen LogP contribution in [0.25, 0.3) is 115 Å². The molecule has 0 unspecified atom stereocenters. The first-order chi connectivity index (χ1) is 32.3. The number of aryl methyl sites for hydroxylation is 4. The molecule has 0 aliphatic heterocycles. The van der Waals surface area contributed by atoms with Gasteiger partial charge in [-0.15, -0.1) is 11.3 Å². The number of hydrogen-bond acceptors (Lipinski definition) is 4. The van der Waals surface area contributed by atoms with Crippen LogP contribution in [0, 0.1) is 27.7 Å². The molecule has 0 N–H and O–H groups in total. The van der Waals surface area contributed by atoms with Gasteiger partial charge >= 0.3 is 0 Å². The van der Waals surface area contributed by atoms with Crippen molar-refractivity contribution in [2.45, 2.75) is 27.7 Å². The zero-order valence-electron chi connectivity index (χ0n) is 37.2. The molecule has 0 radical (unpaired) electrons. The fourth-order valence-electron chi connectivity index (χ4n) is 9.87. The van der Waals surface area contributed by atoms with Crippen molar-refractivity contribution in [2.75, 3.05) is 0 Å². The van der Waals surface area contributed by atoms with Gasteiger partial charge in [-0.05, 0) is 115 Å². The number of nitrogens with zero attached hydrogens (tertiary/aromatic N) is 4. The second-order valence-electron chi connectivity index (χ2n) is 17.5. The van der Waals surface area contributed by atoms with Crippen molar-refractivity contribution in [3.8, 4) is 73.2 Å². The number of hydrogen-bond donors (Lipinski definition) is 0. The maximum atomic E-state index is 5.37. The van der Waals surface area contributed by atoms with Crippen LogP contribution in [-0.2, 0) is 0 Å². The lowest BCUT2D eigenvalue weighted by molar-refractivity contribution is 1.06. The SMILES string of the molecule is Cc1ccc(-c2ccc3c(c2)c2cc(-c4ccc(C)cc4C)ccc2n3-c2ccc(-c3cccc4c3sc3ccccc34)cc2-c2nc(-c3ccccc3)nc(-c3ccccc3)n2)c(C)c1. The Morgan fingerprint density at radius 3 is 1.45 bits per heavy atom. The van der Waals surface area contributed by atoms with Crippen molar-refractivity contribution >= 4 is 53.3 Å². The number of fused-ring (bicyclic) bond motifs is 6. The Morgan fingerprint density at radius 1 is 0.348 bits per heavy atom. The van der Waals surface area contributed by atoms with Crippen LogP contribution in [0.5, 0.6) is 0 Å². The predicted octanol–water partition coefficient (Wildman–Crippen LogP) is 16.6. The average Bonchev–Trinajstić information content (AvgIpc) is 3.89. The molecule has 5 heteroatoms. The van der Waals surface area contributed by atoms with E-state index in [0.717, 1.165) is 39.0 Å². The quantitative estimate of drug-likeness (QED) is 0.160. The molecule has 0 aliphatic rings. The molecule has 0 bridgehead atoms. The summed E-state index contributed by atoms with van der Waals surface area (Å²) in [4.78, 5) is 15.9. The topological polar surface area (TPSA) is 43.6 Å².